The molecule has 47 heavy (non-hydrogen) atoms. The second kappa shape index (κ2) is 11.5. The predicted molar refractivity (Wildman–Crippen MR) is 198 cm³/mol. The van der Waals surface area contributed by atoms with E-state index >= 15 is 0 Å². The average molecular weight is 607 g/mol. The fraction of sp³-hybridized carbons (Fsp3) is 0.178. The molecule has 1 heterocycles. The summed E-state index contributed by atoms with van der Waals surface area (Å²) in [6.07, 6.45) is 7.61. The number of hydrogen-bond donors (Lipinski definition) is 0. The molecule has 2 aliphatic carbocycles. The number of benzene rings is 6. The fourth-order valence-corrected chi connectivity index (χ4v) is 8.52. The van der Waals surface area contributed by atoms with Crippen LogP contribution in [0, 0.1) is 18.8 Å². The summed E-state index contributed by atoms with van der Waals surface area (Å²) in [4.78, 5) is 7.07. The Morgan fingerprint density at radius 3 is 2.06 bits per heavy atom. The van der Waals surface area contributed by atoms with Crippen molar-refractivity contribution in [2.24, 2.45) is 11.8 Å². The van der Waals surface area contributed by atoms with Crippen LogP contribution in [-0.2, 0) is 0 Å². The number of fused-ring (bicyclic) bond motifs is 4. The third kappa shape index (κ3) is 5.09. The largest absolute Gasteiger partial charge is 0.310 e. The molecule has 3 atom stereocenters. The Hall–Kier alpha value is -5.21. The van der Waals surface area contributed by atoms with E-state index in [4.69, 9.17) is 0 Å². The van der Waals surface area contributed by atoms with E-state index < -0.39 is 0 Å². The lowest BCUT2D eigenvalue weighted by Crippen LogP contribution is -2.12. The summed E-state index contributed by atoms with van der Waals surface area (Å²) >= 11 is 0. The number of pyridine rings is 1. The number of aryl methyl sites for hydroxylation is 1. The first kappa shape index (κ1) is 28.0. The lowest BCUT2D eigenvalue weighted by Gasteiger charge is -2.29. The molecule has 2 heteroatoms. The van der Waals surface area contributed by atoms with Crippen molar-refractivity contribution in [2.75, 3.05) is 4.90 Å². The number of nitrogens with zero attached hydrogens (tertiary/aromatic N) is 2. The monoisotopic (exact) mass is 606 g/mol. The second-order valence-electron chi connectivity index (χ2n) is 13.7. The Morgan fingerprint density at radius 1 is 0.574 bits per heavy atom. The van der Waals surface area contributed by atoms with Crippen molar-refractivity contribution < 1.29 is 0 Å². The third-order valence-corrected chi connectivity index (χ3v) is 10.9. The van der Waals surface area contributed by atoms with Gasteiger partial charge in [0.2, 0.25) is 0 Å². The molecule has 2 bridgehead atoms. The molecule has 6 aromatic carbocycles. The molecule has 7 aromatic rings. The molecule has 2 fully saturated rings. The van der Waals surface area contributed by atoms with Gasteiger partial charge in [-0.25, -0.2) is 0 Å². The highest BCUT2D eigenvalue weighted by atomic mass is 15.1. The smallest absolute Gasteiger partial charge is 0.0722 e. The topological polar surface area (TPSA) is 16.1 Å². The molecule has 0 N–H and O–H groups in total. The molecule has 9 rings (SSSR count). The SMILES string of the molecule is Cc1cc(-c2ccc(-c3ccc(C4CC5CCC4C5)cc3)cc2)ccc1N(c1ccc2cccnc2c1)c1cccc2ccccc12. The average Bonchev–Trinajstić information content (AvgIpc) is 3.77. The Morgan fingerprint density at radius 2 is 1.30 bits per heavy atom. The van der Waals surface area contributed by atoms with E-state index in [1.165, 1.54) is 64.3 Å². The molecule has 0 saturated heterocycles. The zero-order chi connectivity index (χ0) is 31.3. The van der Waals surface area contributed by atoms with Gasteiger partial charge in [-0.1, -0.05) is 110 Å². The van der Waals surface area contributed by atoms with Gasteiger partial charge in [-0.15, -0.1) is 0 Å². The van der Waals surface area contributed by atoms with Gasteiger partial charge in [0.15, 0.2) is 0 Å². The molecular formula is C45H38N2. The first-order chi connectivity index (χ1) is 23.2. The summed E-state index contributed by atoms with van der Waals surface area (Å²) in [6.45, 7) is 2.22. The van der Waals surface area contributed by atoms with Gasteiger partial charge >= 0.3 is 0 Å². The summed E-state index contributed by atoms with van der Waals surface area (Å²) in [5.74, 6) is 2.68. The van der Waals surface area contributed by atoms with Crippen molar-refractivity contribution >= 4 is 38.7 Å². The maximum Gasteiger partial charge on any atom is 0.0722 e. The fourth-order valence-electron chi connectivity index (χ4n) is 8.52. The molecule has 3 unspecified atom stereocenters. The van der Waals surface area contributed by atoms with Gasteiger partial charge in [0, 0.05) is 28.3 Å². The third-order valence-electron chi connectivity index (χ3n) is 10.9. The van der Waals surface area contributed by atoms with Crippen molar-refractivity contribution in [1.82, 2.24) is 4.98 Å². The number of rotatable bonds is 6. The summed E-state index contributed by atoms with van der Waals surface area (Å²) in [6, 6.07) is 51.3. The first-order valence-corrected chi connectivity index (χ1v) is 17.1. The van der Waals surface area contributed by atoms with Crippen LogP contribution in [0.25, 0.3) is 43.9 Å². The predicted octanol–water partition coefficient (Wildman–Crippen LogP) is 12.4. The molecule has 0 spiro atoms. The minimum absolute atomic E-state index is 0.783. The van der Waals surface area contributed by atoms with Gasteiger partial charge < -0.3 is 4.90 Å². The highest BCUT2D eigenvalue weighted by Gasteiger charge is 2.39. The van der Waals surface area contributed by atoms with Crippen molar-refractivity contribution in [2.45, 2.75) is 38.5 Å². The summed E-state index contributed by atoms with van der Waals surface area (Å²) < 4.78 is 0. The summed E-state index contributed by atoms with van der Waals surface area (Å²) in [7, 11) is 0. The lowest BCUT2D eigenvalue weighted by atomic mass is 9.83. The standard InChI is InChI=1S/C45H38N2/c1-30-26-38(34-15-13-32(14-16-34)33-17-19-36(20-18-33)42-28-31-11-12-39(42)27-31)22-24-44(30)47(40-23-21-37-8-5-25-46-43(37)29-40)45-10-4-7-35-6-2-3-9-41(35)45/h2-10,13-26,29,31,39,42H,11-12,27-28H2,1H3. The van der Waals surface area contributed by atoms with Crippen molar-refractivity contribution in [1.29, 1.82) is 0 Å². The van der Waals surface area contributed by atoms with Crippen LogP contribution in [0.3, 0.4) is 0 Å². The van der Waals surface area contributed by atoms with Crippen molar-refractivity contribution in [3.63, 3.8) is 0 Å². The van der Waals surface area contributed by atoms with Crippen molar-refractivity contribution in [3.05, 3.63) is 157 Å². The Balaban J connectivity index is 1.04. The van der Waals surface area contributed by atoms with E-state index in [0.29, 0.717) is 0 Å². The summed E-state index contributed by atoms with van der Waals surface area (Å²) in [5.41, 5.74) is 12.2. The maximum absolute atomic E-state index is 4.68. The van der Waals surface area contributed by atoms with Crippen LogP contribution in [0.1, 0.15) is 42.7 Å². The molecule has 2 nitrogen and oxygen atoms in total. The molecular weight excluding hydrogens is 569 g/mol. The van der Waals surface area contributed by atoms with Gasteiger partial charge in [0.05, 0.1) is 11.2 Å². The Kier molecular flexibility index (Phi) is 6.89. The quantitative estimate of drug-likeness (QED) is 0.187. The van der Waals surface area contributed by atoms with Gasteiger partial charge in [-0.05, 0) is 119 Å². The number of hydrogen-bond acceptors (Lipinski definition) is 2. The van der Waals surface area contributed by atoms with Crippen LogP contribution in [0.2, 0.25) is 0 Å². The lowest BCUT2D eigenvalue weighted by molar-refractivity contribution is 0.420. The molecule has 2 aliphatic rings. The zero-order valence-electron chi connectivity index (χ0n) is 26.8. The van der Waals surface area contributed by atoms with Crippen LogP contribution in [0.15, 0.2) is 146 Å². The van der Waals surface area contributed by atoms with Gasteiger partial charge in [-0.2, -0.15) is 0 Å². The highest BCUT2D eigenvalue weighted by Crippen LogP contribution is 2.53. The Bertz CT molecular complexity index is 2230. The van der Waals surface area contributed by atoms with Crippen LogP contribution >= 0.6 is 0 Å². The van der Waals surface area contributed by atoms with Crippen molar-refractivity contribution in [3.8, 4) is 22.3 Å². The molecule has 0 radical (unpaired) electrons. The number of aromatic nitrogens is 1. The van der Waals surface area contributed by atoms with E-state index in [2.05, 4.69) is 150 Å². The second-order valence-corrected chi connectivity index (χ2v) is 13.7. The first-order valence-electron chi connectivity index (χ1n) is 17.1. The molecule has 0 aliphatic heterocycles. The van der Waals surface area contributed by atoms with E-state index in [0.717, 1.165) is 45.7 Å². The Labute approximate surface area is 277 Å². The molecule has 0 amide bonds. The zero-order valence-corrected chi connectivity index (χ0v) is 26.8. The van der Waals surface area contributed by atoms with E-state index in [-0.39, 0.29) is 0 Å². The van der Waals surface area contributed by atoms with Gasteiger partial charge in [0.25, 0.3) is 0 Å². The van der Waals surface area contributed by atoms with Gasteiger partial charge in [-0.3, -0.25) is 4.98 Å². The number of anilines is 3. The van der Waals surface area contributed by atoms with Crippen LogP contribution in [0.5, 0.6) is 0 Å². The van der Waals surface area contributed by atoms with Gasteiger partial charge in [0.1, 0.15) is 0 Å². The van der Waals surface area contributed by atoms with Crippen LogP contribution in [-0.4, -0.2) is 4.98 Å². The minimum Gasteiger partial charge on any atom is -0.310 e. The minimum atomic E-state index is 0.783. The highest BCUT2D eigenvalue weighted by molar-refractivity contribution is 6.00. The van der Waals surface area contributed by atoms with Crippen LogP contribution < -0.4 is 4.90 Å². The van der Waals surface area contributed by atoms with E-state index in [9.17, 15) is 0 Å². The molecule has 1 aromatic heterocycles. The van der Waals surface area contributed by atoms with E-state index in [1.807, 2.05) is 12.3 Å². The van der Waals surface area contributed by atoms with Crippen LogP contribution in [0.4, 0.5) is 17.1 Å². The molecule has 228 valence electrons. The molecule has 2 saturated carbocycles. The summed E-state index contributed by atoms with van der Waals surface area (Å²) in [5, 5.41) is 3.59. The normalized spacial score (nSPS) is 18.6. The van der Waals surface area contributed by atoms with E-state index in [1.54, 1.807) is 5.56 Å². The maximum atomic E-state index is 4.68.